The van der Waals surface area contributed by atoms with Crippen LogP contribution in [0.2, 0.25) is 0 Å². The molecule has 1 unspecified atom stereocenters. The summed E-state index contributed by atoms with van der Waals surface area (Å²) in [5.41, 5.74) is 1.27. The molecule has 14 heavy (non-hydrogen) atoms. The predicted octanol–water partition coefficient (Wildman–Crippen LogP) is 2.21. The Morgan fingerprint density at radius 1 is 1.50 bits per heavy atom. The van der Waals surface area contributed by atoms with E-state index in [0.29, 0.717) is 12.0 Å². The molecule has 0 aliphatic heterocycles. The van der Waals surface area contributed by atoms with Gasteiger partial charge in [0.05, 0.1) is 12.0 Å². The summed E-state index contributed by atoms with van der Waals surface area (Å²) in [6, 6.07) is 0.570. The van der Waals surface area contributed by atoms with Crippen molar-refractivity contribution in [2.24, 2.45) is 5.92 Å². The summed E-state index contributed by atoms with van der Waals surface area (Å²) in [6.07, 6.45) is 5.05. The molecule has 0 aliphatic rings. The van der Waals surface area contributed by atoms with E-state index in [9.17, 15) is 0 Å². The minimum atomic E-state index is 0.570. The summed E-state index contributed by atoms with van der Waals surface area (Å²) in [6.45, 7) is 7.64. The molecule has 0 bridgehead atoms. The molecule has 3 nitrogen and oxygen atoms in total. The van der Waals surface area contributed by atoms with Crippen molar-refractivity contribution in [2.75, 3.05) is 7.05 Å². The van der Waals surface area contributed by atoms with Gasteiger partial charge in [0.1, 0.15) is 0 Å². The minimum absolute atomic E-state index is 0.570. The smallest absolute Gasteiger partial charge is 0.0951 e. The van der Waals surface area contributed by atoms with Crippen LogP contribution in [-0.4, -0.2) is 16.6 Å². The third-order valence-corrected chi connectivity index (χ3v) is 2.65. The van der Waals surface area contributed by atoms with Gasteiger partial charge in [-0.05, 0) is 19.4 Å². The molecule has 1 N–H and O–H groups in total. The first kappa shape index (κ1) is 11.2. The molecule has 1 heterocycles. The van der Waals surface area contributed by atoms with Crippen molar-refractivity contribution < 1.29 is 0 Å². The highest BCUT2D eigenvalue weighted by Crippen LogP contribution is 2.22. The SMILES string of the molecule is CCC(C(C)C)n1cncc1CNC. The first-order chi connectivity index (χ1) is 6.70. The van der Waals surface area contributed by atoms with Crippen LogP contribution in [0.4, 0.5) is 0 Å². The standard InChI is InChI=1S/C11H21N3/c1-5-11(9(2)3)14-8-13-7-10(14)6-12-4/h7-9,11-12H,5-6H2,1-4H3. The van der Waals surface area contributed by atoms with Gasteiger partial charge in [-0.3, -0.25) is 0 Å². The van der Waals surface area contributed by atoms with E-state index in [1.807, 2.05) is 19.6 Å². The maximum atomic E-state index is 4.21. The topological polar surface area (TPSA) is 29.9 Å². The van der Waals surface area contributed by atoms with Gasteiger partial charge in [0.15, 0.2) is 0 Å². The fourth-order valence-corrected chi connectivity index (χ4v) is 1.94. The third-order valence-electron chi connectivity index (χ3n) is 2.65. The van der Waals surface area contributed by atoms with E-state index >= 15 is 0 Å². The van der Waals surface area contributed by atoms with Gasteiger partial charge >= 0.3 is 0 Å². The summed E-state index contributed by atoms with van der Waals surface area (Å²) < 4.78 is 2.29. The molecular weight excluding hydrogens is 174 g/mol. The number of hydrogen-bond donors (Lipinski definition) is 1. The lowest BCUT2D eigenvalue weighted by Gasteiger charge is -2.23. The Bertz CT molecular complexity index is 265. The van der Waals surface area contributed by atoms with Gasteiger partial charge in [-0.15, -0.1) is 0 Å². The van der Waals surface area contributed by atoms with Crippen molar-refractivity contribution in [1.29, 1.82) is 0 Å². The summed E-state index contributed by atoms with van der Waals surface area (Å²) in [4.78, 5) is 4.21. The van der Waals surface area contributed by atoms with Crippen LogP contribution in [0, 0.1) is 5.92 Å². The highest BCUT2D eigenvalue weighted by atomic mass is 15.1. The number of imidazole rings is 1. The van der Waals surface area contributed by atoms with Crippen LogP contribution in [0.1, 0.15) is 38.9 Å². The lowest BCUT2D eigenvalue weighted by molar-refractivity contribution is 0.355. The molecule has 0 spiro atoms. The zero-order chi connectivity index (χ0) is 10.6. The van der Waals surface area contributed by atoms with E-state index in [4.69, 9.17) is 0 Å². The summed E-state index contributed by atoms with van der Waals surface area (Å²) in [7, 11) is 1.97. The molecule has 0 amide bonds. The molecule has 1 atom stereocenters. The molecule has 1 aromatic heterocycles. The summed E-state index contributed by atoms with van der Waals surface area (Å²) >= 11 is 0. The Morgan fingerprint density at radius 3 is 2.71 bits per heavy atom. The maximum Gasteiger partial charge on any atom is 0.0951 e. The van der Waals surface area contributed by atoms with E-state index in [1.165, 1.54) is 5.69 Å². The first-order valence-electron chi connectivity index (χ1n) is 5.36. The molecule has 80 valence electrons. The van der Waals surface area contributed by atoms with Gasteiger partial charge in [0.2, 0.25) is 0 Å². The molecule has 0 saturated heterocycles. The average molecular weight is 195 g/mol. The van der Waals surface area contributed by atoms with Gasteiger partial charge in [-0.2, -0.15) is 0 Å². The average Bonchev–Trinajstić information content (AvgIpc) is 2.55. The van der Waals surface area contributed by atoms with E-state index in [1.54, 1.807) is 0 Å². The van der Waals surface area contributed by atoms with Crippen molar-refractivity contribution in [3.05, 3.63) is 18.2 Å². The second-order valence-electron chi connectivity index (χ2n) is 4.04. The fourth-order valence-electron chi connectivity index (χ4n) is 1.94. The lowest BCUT2D eigenvalue weighted by Crippen LogP contribution is -2.18. The van der Waals surface area contributed by atoms with E-state index in [0.717, 1.165) is 13.0 Å². The number of nitrogens with one attached hydrogen (secondary N) is 1. The normalized spacial score (nSPS) is 13.5. The minimum Gasteiger partial charge on any atom is -0.330 e. The molecule has 0 aromatic carbocycles. The highest BCUT2D eigenvalue weighted by Gasteiger charge is 2.15. The predicted molar refractivity (Wildman–Crippen MR) is 59.2 cm³/mol. The molecule has 0 fully saturated rings. The van der Waals surface area contributed by atoms with Crippen molar-refractivity contribution in [3.63, 3.8) is 0 Å². The Morgan fingerprint density at radius 2 is 2.21 bits per heavy atom. The second kappa shape index (κ2) is 5.15. The second-order valence-corrected chi connectivity index (χ2v) is 4.04. The van der Waals surface area contributed by atoms with Crippen LogP contribution in [0.25, 0.3) is 0 Å². The third kappa shape index (κ3) is 2.35. The number of aromatic nitrogens is 2. The van der Waals surface area contributed by atoms with Crippen molar-refractivity contribution in [2.45, 2.75) is 39.8 Å². The molecule has 1 rings (SSSR count). The van der Waals surface area contributed by atoms with Gasteiger partial charge < -0.3 is 9.88 Å². The van der Waals surface area contributed by atoms with Gasteiger partial charge in [-0.1, -0.05) is 20.8 Å². The number of rotatable bonds is 5. The molecular formula is C11H21N3. The molecule has 0 aliphatic carbocycles. The van der Waals surface area contributed by atoms with Crippen molar-refractivity contribution in [3.8, 4) is 0 Å². The fraction of sp³-hybridized carbons (Fsp3) is 0.727. The Hall–Kier alpha value is -0.830. The highest BCUT2D eigenvalue weighted by molar-refractivity contribution is 5.00. The van der Waals surface area contributed by atoms with E-state index in [-0.39, 0.29) is 0 Å². The quantitative estimate of drug-likeness (QED) is 0.780. The maximum absolute atomic E-state index is 4.21. The van der Waals surface area contributed by atoms with E-state index < -0.39 is 0 Å². The molecule has 3 heteroatoms. The lowest BCUT2D eigenvalue weighted by atomic mass is 10.0. The van der Waals surface area contributed by atoms with Crippen LogP contribution in [0.5, 0.6) is 0 Å². The zero-order valence-electron chi connectivity index (χ0n) is 9.62. The van der Waals surface area contributed by atoms with Gasteiger partial charge in [0.25, 0.3) is 0 Å². The molecule has 0 saturated carbocycles. The van der Waals surface area contributed by atoms with Gasteiger partial charge in [-0.25, -0.2) is 4.98 Å². The zero-order valence-corrected chi connectivity index (χ0v) is 9.62. The Labute approximate surface area is 86.5 Å². The van der Waals surface area contributed by atoms with Crippen LogP contribution in [0.15, 0.2) is 12.5 Å². The van der Waals surface area contributed by atoms with Crippen molar-refractivity contribution >= 4 is 0 Å². The van der Waals surface area contributed by atoms with Gasteiger partial charge in [0, 0.05) is 18.8 Å². The first-order valence-corrected chi connectivity index (χ1v) is 5.36. The number of nitrogens with zero attached hydrogens (tertiary/aromatic N) is 2. The molecule has 1 aromatic rings. The van der Waals surface area contributed by atoms with Crippen molar-refractivity contribution in [1.82, 2.24) is 14.9 Å². The number of hydrogen-bond acceptors (Lipinski definition) is 2. The van der Waals surface area contributed by atoms with Crippen LogP contribution in [0.3, 0.4) is 0 Å². The molecule has 0 radical (unpaired) electrons. The van der Waals surface area contributed by atoms with E-state index in [2.05, 4.69) is 35.6 Å². The van der Waals surface area contributed by atoms with Crippen LogP contribution in [-0.2, 0) is 6.54 Å². The largest absolute Gasteiger partial charge is 0.330 e. The van der Waals surface area contributed by atoms with Crippen LogP contribution >= 0.6 is 0 Å². The summed E-state index contributed by atoms with van der Waals surface area (Å²) in [5, 5.41) is 3.17. The summed E-state index contributed by atoms with van der Waals surface area (Å²) in [5.74, 6) is 0.657. The Balaban J connectivity index is 2.86. The monoisotopic (exact) mass is 195 g/mol. The van der Waals surface area contributed by atoms with Crippen LogP contribution < -0.4 is 5.32 Å². The Kier molecular flexibility index (Phi) is 4.14.